The minimum atomic E-state index is -0.669. The predicted molar refractivity (Wildman–Crippen MR) is 142 cm³/mol. The fourth-order valence-corrected chi connectivity index (χ4v) is 3.85. The van der Waals surface area contributed by atoms with E-state index in [1.165, 1.54) is 0 Å². The highest BCUT2D eigenvalue weighted by Gasteiger charge is 2.30. The van der Waals surface area contributed by atoms with E-state index in [1.54, 1.807) is 36.3 Å². The van der Waals surface area contributed by atoms with E-state index >= 15 is 0 Å². The first-order valence-corrected chi connectivity index (χ1v) is 12.4. The summed E-state index contributed by atoms with van der Waals surface area (Å²) in [4.78, 5) is 28.6. The van der Waals surface area contributed by atoms with E-state index < -0.39 is 6.04 Å². The molecule has 1 N–H and O–H groups in total. The van der Waals surface area contributed by atoms with Crippen LogP contribution in [0.15, 0.2) is 78.9 Å². The first-order chi connectivity index (χ1) is 17.5. The molecule has 6 nitrogen and oxygen atoms in total. The lowest BCUT2D eigenvalue weighted by molar-refractivity contribution is -0.142. The van der Waals surface area contributed by atoms with Gasteiger partial charge >= 0.3 is 0 Å². The molecular formula is C30H36N2O4. The van der Waals surface area contributed by atoms with Crippen LogP contribution in [0.2, 0.25) is 0 Å². The van der Waals surface area contributed by atoms with Crippen LogP contribution in [0.5, 0.6) is 11.5 Å². The summed E-state index contributed by atoms with van der Waals surface area (Å²) in [5.41, 5.74) is 3.08. The van der Waals surface area contributed by atoms with Crippen molar-refractivity contribution in [2.24, 2.45) is 0 Å². The molecule has 0 fully saturated rings. The number of hydrogen-bond donors (Lipinski definition) is 1. The third kappa shape index (κ3) is 8.15. The van der Waals surface area contributed by atoms with Crippen LogP contribution in [0, 0.1) is 6.92 Å². The van der Waals surface area contributed by atoms with Crippen LogP contribution >= 0.6 is 0 Å². The van der Waals surface area contributed by atoms with Crippen molar-refractivity contribution in [3.05, 3.63) is 95.6 Å². The van der Waals surface area contributed by atoms with Crippen LogP contribution < -0.4 is 14.8 Å². The molecule has 3 aromatic carbocycles. The van der Waals surface area contributed by atoms with Crippen molar-refractivity contribution in [1.29, 1.82) is 0 Å². The van der Waals surface area contributed by atoms with Crippen molar-refractivity contribution < 1.29 is 19.1 Å². The van der Waals surface area contributed by atoms with Gasteiger partial charge in [-0.15, -0.1) is 0 Å². The molecule has 6 heteroatoms. The zero-order valence-corrected chi connectivity index (χ0v) is 21.4. The summed E-state index contributed by atoms with van der Waals surface area (Å²) in [6.07, 6.45) is 2.28. The SMILES string of the molecule is CCCCNC(=O)[C@H](Cc1ccccc1)N(Cc1ccc(C)cc1)C(=O)COc1ccc(OC)cc1. The van der Waals surface area contributed by atoms with Gasteiger partial charge in [-0.2, -0.15) is 0 Å². The van der Waals surface area contributed by atoms with Gasteiger partial charge in [0.05, 0.1) is 7.11 Å². The normalized spacial score (nSPS) is 11.4. The Morgan fingerprint density at radius 3 is 2.19 bits per heavy atom. The Morgan fingerprint density at radius 1 is 0.889 bits per heavy atom. The van der Waals surface area contributed by atoms with Crippen molar-refractivity contribution in [3.8, 4) is 11.5 Å². The van der Waals surface area contributed by atoms with Gasteiger partial charge < -0.3 is 19.7 Å². The van der Waals surface area contributed by atoms with Crippen LogP contribution in [0.4, 0.5) is 0 Å². The van der Waals surface area contributed by atoms with Gasteiger partial charge in [0, 0.05) is 19.5 Å². The predicted octanol–water partition coefficient (Wildman–Crippen LogP) is 4.94. The molecular weight excluding hydrogens is 452 g/mol. The molecule has 2 amide bonds. The molecule has 0 saturated heterocycles. The summed E-state index contributed by atoms with van der Waals surface area (Å²) in [5.74, 6) is 0.864. The lowest BCUT2D eigenvalue weighted by Gasteiger charge is -2.31. The second-order valence-corrected chi connectivity index (χ2v) is 8.82. The second kappa shape index (κ2) is 13.9. The van der Waals surface area contributed by atoms with Gasteiger partial charge in [0.2, 0.25) is 5.91 Å². The second-order valence-electron chi connectivity index (χ2n) is 8.82. The molecule has 0 bridgehead atoms. The first kappa shape index (κ1) is 26.8. The van der Waals surface area contributed by atoms with Crippen molar-refractivity contribution in [2.75, 3.05) is 20.3 Å². The zero-order valence-electron chi connectivity index (χ0n) is 21.4. The molecule has 36 heavy (non-hydrogen) atoms. The quantitative estimate of drug-likeness (QED) is 0.346. The van der Waals surface area contributed by atoms with Gasteiger partial charge in [0.1, 0.15) is 17.5 Å². The maximum absolute atomic E-state index is 13.6. The highest BCUT2D eigenvalue weighted by Crippen LogP contribution is 2.19. The molecule has 3 rings (SSSR count). The van der Waals surface area contributed by atoms with E-state index in [0.717, 1.165) is 29.5 Å². The minimum absolute atomic E-state index is 0.155. The molecule has 0 aromatic heterocycles. The Hall–Kier alpha value is -3.80. The van der Waals surface area contributed by atoms with Crippen molar-refractivity contribution in [2.45, 2.75) is 45.7 Å². The number of ether oxygens (including phenoxy) is 2. The van der Waals surface area contributed by atoms with Crippen molar-refractivity contribution in [1.82, 2.24) is 10.2 Å². The molecule has 1 atom stereocenters. The topological polar surface area (TPSA) is 67.9 Å². The molecule has 0 aliphatic carbocycles. The number of nitrogens with zero attached hydrogens (tertiary/aromatic N) is 1. The number of hydrogen-bond acceptors (Lipinski definition) is 4. The minimum Gasteiger partial charge on any atom is -0.497 e. The number of carbonyl (C=O) groups excluding carboxylic acids is 2. The maximum Gasteiger partial charge on any atom is 0.261 e. The Balaban J connectivity index is 1.85. The van der Waals surface area contributed by atoms with Gasteiger partial charge in [0.15, 0.2) is 6.61 Å². The molecule has 0 spiro atoms. The van der Waals surface area contributed by atoms with Gasteiger partial charge in [0.25, 0.3) is 5.91 Å². The summed E-state index contributed by atoms with van der Waals surface area (Å²) < 4.78 is 11.0. The number of carbonyl (C=O) groups is 2. The van der Waals surface area contributed by atoms with Crippen molar-refractivity contribution in [3.63, 3.8) is 0 Å². The van der Waals surface area contributed by atoms with E-state index in [9.17, 15) is 9.59 Å². The lowest BCUT2D eigenvalue weighted by atomic mass is 10.0. The Labute approximate surface area is 214 Å². The standard InChI is InChI=1S/C30H36N2O4/c1-4-5-19-31-30(34)28(20-24-9-7-6-8-10-24)32(21-25-13-11-23(2)12-14-25)29(33)22-36-27-17-15-26(35-3)16-18-27/h6-18,28H,4-5,19-22H2,1-3H3,(H,31,34)/t28-/m0/s1. The highest BCUT2D eigenvalue weighted by molar-refractivity contribution is 5.88. The van der Waals surface area contributed by atoms with Crippen molar-refractivity contribution >= 4 is 11.8 Å². The van der Waals surface area contributed by atoms with E-state index in [2.05, 4.69) is 12.2 Å². The number of aryl methyl sites for hydroxylation is 1. The Morgan fingerprint density at radius 2 is 1.56 bits per heavy atom. The molecule has 0 unspecified atom stereocenters. The number of nitrogens with one attached hydrogen (secondary N) is 1. The number of unbranched alkanes of at least 4 members (excludes halogenated alkanes) is 1. The van der Waals surface area contributed by atoms with E-state index in [4.69, 9.17) is 9.47 Å². The molecule has 3 aromatic rings. The largest absolute Gasteiger partial charge is 0.497 e. The molecule has 0 heterocycles. The highest BCUT2D eigenvalue weighted by atomic mass is 16.5. The average Bonchev–Trinajstić information content (AvgIpc) is 2.91. The monoisotopic (exact) mass is 488 g/mol. The van der Waals surface area contributed by atoms with Crippen LogP contribution in [0.25, 0.3) is 0 Å². The molecule has 0 aliphatic heterocycles. The molecule has 0 radical (unpaired) electrons. The first-order valence-electron chi connectivity index (χ1n) is 12.4. The number of methoxy groups -OCH3 is 1. The number of benzene rings is 3. The fourth-order valence-electron chi connectivity index (χ4n) is 3.85. The summed E-state index contributed by atoms with van der Waals surface area (Å²) in [6.45, 7) is 4.82. The average molecular weight is 489 g/mol. The summed E-state index contributed by atoms with van der Waals surface area (Å²) in [7, 11) is 1.60. The Kier molecular flexibility index (Phi) is 10.4. The van der Waals surface area contributed by atoms with Gasteiger partial charge in [-0.05, 0) is 48.7 Å². The van der Waals surface area contributed by atoms with Crippen LogP contribution in [0.3, 0.4) is 0 Å². The summed E-state index contributed by atoms with van der Waals surface area (Å²) >= 11 is 0. The summed E-state index contributed by atoms with van der Waals surface area (Å²) in [6, 6.07) is 24.2. The van der Waals surface area contributed by atoms with Crippen LogP contribution in [0.1, 0.15) is 36.5 Å². The fraction of sp³-hybridized carbons (Fsp3) is 0.333. The van der Waals surface area contributed by atoms with Gasteiger partial charge in [-0.1, -0.05) is 73.5 Å². The maximum atomic E-state index is 13.6. The van der Waals surface area contributed by atoms with Gasteiger partial charge in [-0.25, -0.2) is 0 Å². The smallest absolute Gasteiger partial charge is 0.261 e. The number of rotatable bonds is 13. The zero-order chi connectivity index (χ0) is 25.8. The van der Waals surface area contributed by atoms with E-state index in [1.807, 2.05) is 61.5 Å². The third-order valence-electron chi connectivity index (χ3n) is 6.00. The molecule has 0 saturated carbocycles. The third-order valence-corrected chi connectivity index (χ3v) is 6.00. The van der Waals surface area contributed by atoms with E-state index in [0.29, 0.717) is 31.0 Å². The van der Waals surface area contributed by atoms with Crippen LogP contribution in [-0.2, 0) is 22.6 Å². The molecule has 190 valence electrons. The van der Waals surface area contributed by atoms with Gasteiger partial charge in [-0.3, -0.25) is 9.59 Å². The number of amides is 2. The molecule has 0 aliphatic rings. The lowest BCUT2D eigenvalue weighted by Crippen LogP contribution is -2.51. The van der Waals surface area contributed by atoms with E-state index in [-0.39, 0.29) is 18.4 Å². The Bertz CT molecular complexity index is 1080. The van der Waals surface area contributed by atoms with Crippen LogP contribution in [-0.4, -0.2) is 43.0 Å². The summed E-state index contributed by atoms with van der Waals surface area (Å²) in [5, 5.41) is 3.03.